The fourth-order valence-corrected chi connectivity index (χ4v) is 3.04. The third kappa shape index (κ3) is 9.76. The molecule has 29 heavy (non-hydrogen) atoms. The number of hydrogen-bond donors (Lipinski definition) is 4. The highest BCUT2D eigenvalue weighted by Gasteiger charge is 2.31. The number of ether oxygens (including phenoxy) is 1. The Morgan fingerprint density at radius 2 is 1.79 bits per heavy atom. The molecular weight excluding hydrogens is 370 g/mol. The summed E-state index contributed by atoms with van der Waals surface area (Å²) in [6.45, 7) is 9.97. The Morgan fingerprint density at radius 1 is 1.17 bits per heavy atom. The van der Waals surface area contributed by atoms with Gasteiger partial charge in [0.25, 0.3) is 0 Å². The fourth-order valence-electron chi connectivity index (χ4n) is 3.04. The first-order chi connectivity index (χ1) is 13.5. The van der Waals surface area contributed by atoms with Crippen LogP contribution in [-0.4, -0.2) is 47.9 Å². The van der Waals surface area contributed by atoms with Crippen LogP contribution in [0.5, 0.6) is 0 Å². The Kier molecular flexibility index (Phi) is 10.1. The van der Waals surface area contributed by atoms with Crippen molar-refractivity contribution >= 4 is 12.0 Å². The van der Waals surface area contributed by atoms with Gasteiger partial charge in [-0.3, -0.25) is 4.79 Å². The van der Waals surface area contributed by atoms with E-state index in [2.05, 4.69) is 10.6 Å². The Balaban J connectivity index is 2.93. The molecule has 1 rings (SSSR count). The minimum atomic E-state index is -0.918. The first kappa shape index (κ1) is 24.9. The van der Waals surface area contributed by atoms with E-state index in [-0.39, 0.29) is 18.2 Å². The SMILES string of the molecule is CC(C)[C@H](C[C@H](O)[C@H](Cc1ccccc1)NC(=O)OC(C)(C)C)C(=O)NCCN. The maximum Gasteiger partial charge on any atom is 0.407 e. The van der Waals surface area contributed by atoms with Gasteiger partial charge in [-0.1, -0.05) is 44.2 Å². The molecule has 0 aliphatic heterocycles. The molecule has 0 bridgehead atoms. The second-order valence-electron chi connectivity index (χ2n) is 8.68. The van der Waals surface area contributed by atoms with Crippen LogP contribution in [0, 0.1) is 11.8 Å². The molecule has 0 spiro atoms. The van der Waals surface area contributed by atoms with Crippen molar-refractivity contribution in [2.45, 2.75) is 65.2 Å². The van der Waals surface area contributed by atoms with Crippen molar-refractivity contribution in [2.24, 2.45) is 17.6 Å². The first-order valence-electron chi connectivity index (χ1n) is 10.2. The number of aliphatic hydroxyl groups excluding tert-OH is 1. The monoisotopic (exact) mass is 407 g/mol. The van der Waals surface area contributed by atoms with E-state index in [0.717, 1.165) is 5.56 Å². The van der Waals surface area contributed by atoms with Crippen LogP contribution in [0.15, 0.2) is 30.3 Å². The van der Waals surface area contributed by atoms with Gasteiger partial charge in [-0.2, -0.15) is 0 Å². The van der Waals surface area contributed by atoms with Crippen molar-refractivity contribution in [3.8, 4) is 0 Å². The first-order valence-corrected chi connectivity index (χ1v) is 10.2. The van der Waals surface area contributed by atoms with Crippen LogP contribution >= 0.6 is 0 Å². The number of carbonyl (C=O) groups is 2. The lowest BCUT2D eigenvalue weighted by molar-refractivity contribution is -0.127. The molecule has 0 fully saturated rings. The van der Waals surface area contributed by atoms with Crippen molar-refractivity contribution in [2.75, 3.05) is 13.1 Å². The van der Waals surface area contributed by atoms with E-state index in [4.69, 9.17) is 10.5 Å². The van der Waals surface area contributed by atoms with Crippen LogP contribution < -0.4 is 16.4 Å². The Labute approximate surface area is 174 Å². The Hall–Kier alpha value is -2.12. The van der Waals surface area contributed by atoms with Gasteiger partial charge in [-0.15, -0.1) is 0 Å². The molecule has 2 amide bonds. The highest BCUT2D eigenvalue weighted by atomic mass is 16.6. The molecule has 7 heteroatoms. The van der Waals surface area contributed by atoms with Crippen LogP contribution in [0.3, 0.4) is 0 Å². The summed E-state index contributed by atoms with van der Waals surface area (Å²) in [5.41, 5.74) is 5.80. The number of rotatable bonds is 10. The zero-order chi connectivity index (χ0) is 22.0. The number of alkyl carbamates (subject to hydrolysis) is 1. The highest BCUT2D eigenvalue weighted by Crippen LogP contribution is 2.21. The van der Waals surface area contributed by atoms with Crippen LogP contribution in [0.25, 0.3) is 0 Å². The summed E-state index contributed by atoms with van der Waals surface area (Å²) in [6, 6.07) is 9.00. The fraction of sp³-hybridized carbons (Fsp3) is 0.636. The minimum absolute atomic E-state index is 0.0290. The van der Waals surface area contributed by atoms with Crippen molar-refractivity contribution in [1.29, 1.82) is 0 Å². The van der Waals surface area contributed by atoms with E-state index in [1.165, 1.54) is 0 Å². The van der Waals surface area contributed by atoms with Crippen LogP contribution in [0.2, 0.25) is 0 Å². The summed E-state index contributed by atoms with van der Waals surface area (Å²) in [5.74, 6) is -0.503. The molecule has 0 aliphatic carbocycles. The highest BCUT2D eigenvalue weighted by molar-refractivity contribution is 5.79. The molecule has 0 aliphatic rings. The molecule has 7 nitrogen and oxygen atoms in total. The van der Waals surface area contributed by atoms with Crippen molar-refractivity contribution < 1.29 is 19.4 Å². The largest absolute Gasteiger partial charge is 0.444 e. The summed E-state index contributed by atoms with van der Waals surface area (Å²) in [6.07, 6.45) is -0.859. The van der Waals surface area contributed by atoms with Gasteiger partial charge in [0, 0.05) is 19.0 Å². The lowest BCUT2D eigenvalue weighted by Gasteiger charge is -2.30. The van der Waals surface area contributed by atoms with Gasteiger partial charge in [0.05, 0.1) is 12.1 Å². The molecule has 0 aromatic heterocycles. The molecule has 3 atom stereocenters. The maximum absolute atomic E-state index is 12.5. The van der Waals surface area contributed by atoms with E-state index in [9.17, 15) is 14.7 Å². The normalized spacial score (nSPS) is 14.8. The van der Waals surface area contributed by atoms with Gasteiger partial charge < -0.3 is 26.2 Å². The summed E-state index contributed by atoms with van der Waals surface area (Å²) >= 11 is 0. The molecular formula is C22H37N3O4. The number of nitrogens with two attached hydrogens (primary N) is 1. The molecule has 0 saturated heterocycles. The average Bonchev–Trinajstić information content (AvgIpc) is 2.62. The zero-order valence-corrected chi connectivity index (χ0v) is 18.3. The van der Waals surface area contributed by atoms with Crippen LogP contribution in [-0.2, 0) is 16.0 Å². The number of nitrogens with one attached hydrogen (secondary N) is 2. The predicted molar refractivity (Wildman–Crippen MR) is 114 cm³/mol. The van der Waals surface area contributed by atoms with Gasteiger partial charge in [-0.05, 0) is 45.1 Å². The van der Waals surface area contributed by atoms with E-state index >= 15 is 0 Å². The van der Waals surface area contributed by atoms with Crippen LogP contribution in [0.4, 0.5) is 4.79 Å². The lowest BCUT2D eigenvalue weighted by atomic mass is 9.86. The standard InChI is InChI=1S/C22H37N3O4/c1-15(2)17(20(27)24-12-11-23)14-19(26)18(13-16-9-7-6-8-10-16)25-21(28)29-22(3,4)5/h6-10,15,17-19,26H,11-14,23H2,1-5H3,(H,24,27)(H,25,28)/t17-,18-,19-/m0/s1. The smallest absolute Gasteiger partial charge is 0.407 e. The van der Waals surface area contributed by atoms with Gasteiger partial charge in [-0.25, -0.2) is 4.79 Å². The zero-order valence-electron chi connectivity index (χ0n) is 18.3. The summed E-state index contributed by atoms with van der Waals surface area (Å²) < 4.78 is 5.35. The van der Waals surface area contributed by atoms with E-state index < -0.39 is 29.8 Å². The van der Waals surface area contributed by atoms with Gasteiger partial charge in [0.2, 0.25) is 5.91 Å². The Morgan fingerprint density at radius 3 is 2.31 bits per heavy atom. The molecule has 0 unspecified atom stereocenters. The number of hydrogen-bond acceptors (Lipinski definition) is 5. The molecule has 1 aromatic rings. The second kappa shape index (κ2) is 11.8. The lowest BCUT2D eigenvalue weighted by Crippen LogP contribution is -2.48. The quantitative estimate of drug-likeness (QED) is 0.475. The molecule has 5 N–H and O–H groups in total. The molecule has 164 valence electrons. The van der Waals surface area contributed by atoms with E-state index in [0.29, 0.717) is 19.5 Å². The molecule has 0 saturated carbocycles. The van der Waals surface area contributed by atoms with Crippen LogP contribution in [0.1, 0.15) is 46.6 Å². The van der Waals surface area contributed by atoms with Gasteiger partial charge >= 0.3 is 6.09 Å². The topological polar surface area (TPSA) is 114 Å². The summed E-state index contributed by atoms with van der Waals surface area (Å²) in [7, 11) is 0. The summed E-state index contributed by atoms with van der Waals surface area (Å²) in [4.78, 5) is 24.8. The van der Waals surface area contributed by atoms with Crippen molar-refractivity contribution in [1.82, 2.24) is 10.6 Å². The van der Waals surface area contributed by atoms with Crippen molar-refractivity contribution in [3.63, 3.8) is 0 Å². The molecule has 0 radical (unpaired) electrons. The number of carbonyl (C=O) groups excluding carboxylic acids is 2. The maximum atomic E-state index is 12.5. The summed E-state index contributed by atoms with van der Waals surface area (Å²) in [5, 5.41) is 16.5. The predicted octanol–water partition coefficient (Wildman–Crippen LogP) is 2.22. The Bertz CT molecular complexity index is 629. The van der Waals surface area contributed by atoms with Gasteiger partial charge in [0.1, 0.15) is 5.60 Å². The van der Waals surface area contributed by atoms with E-state index in [1.54, 1.807) is 20.8 Å². The second-order valence-corrected chi connectivity index (χ2v) is 8.68. The number of aliphatic hydroxyl groups is 1. The van der Waals surface area contributed by atoms with Crippen molar-refractivity contribution in [3.05, 3.63) is 35.9 Å². The van der Waals surface area contributed by atoms with E-state index in [1.807, 2.05) is 44.2 Å². The third-order valence-corrected chi connectivity index (χ3v) is 4.55. The third-order valence-electron chi connectivity index (χ3n) is 4.55. The number of amides is 2. The molecule has 0 heterocycles. The number of benzene rings is 1. The average molecular weight is 408 g/mol. The minimum Gasteiger partial charge on any atom is -0.444 e. The molecule has 1 aromatic carbocycles. The van der Waals surface area contributed by atoms with Gasteiger partial charge in [0.15, 0.2) is 0 Å².